The number of nitrogens with one attached hydrogen (secondary N) is 3. The third-order valence-corrected chi connectivity index (χ3v) is 15.5. The number of pyridine rings is 1. The first kappa shape index (κ1) is 54.1. The van der Waals surface area contributed by atoms with Gasteiger partial charge in [-0.3, -0.25) is 33.2 Å². The van der Waals surface area contributed by atoms with Crippen LogP contribution < -0.4 is 31.0 Å². The number of rotatable bonds is 20. The Labute approximate surface area is 457 Å². The molecule has 0 radical (unpaired) electrons. The van der Waals surface area contributed by atoms with Crippen LogP contribution >= 0.6 is 0 Å². The molecule has 10 rings (SSSR count). The summed E-state index contributed by atoms with van der Waals surface area (Å²) < 4.78 is 27.8. The van der Waals surface area contributed by atoms with Crippen molar-refractivity contribution in [2.75, 3.05) is 25.0 Å². The number of amides is 4. The van der Waals surface area contributed by atoms with E-state index >= 15 is 0 Å². The molecule has 1 saturated heterocycles. The molecule has 410 valence electrons. The summed E-state index contributed by atoms with van der Waals surface area (Å²) in [5.74, 6) is 0.589. The number of aryl methyl sites for hydroxylation is 2. The number of ether oxygens (including phenoxy) is 2. The first-order chi connectivity index (χ1) is 38.0. The molecule has 79 heavy (non-hydrogen) atoms. The molecule has 4 amide bonds. The number of aromatic nitrogens is 5. The van der Waals surface area contributed by atoms with Gasteiger partial charge >= 0.3 is 6.04 Å². The van der Waals surface area contributed by atoms with Crippen LogP contribution in [-0.4, -0.2) is 89.2 Å². The zero-order valence-electron chi connectivity index (χ0n) is 45.0. The summed E-state index contributed by atoms with van der Waals surface area (Å²) in [6, 6.07) is 31.3. The summed E-state index contributed by atoms with van der Waals surface area (Å²) in [7, 11) is 1.76. The van der Waals surface area contributed by atoms with Crippen molar-refractivity contribution in [3.05, 3.63) is 154 Å². The van der Waals surface area contributed by atoms with Gasteiger partial charge in [-0.2, -0.15) is 9.49 Å². The maximum atomic E-state index is 14.3. The van der Waals surface area contributed by atoms with E-state index in [4.69, 9.17) is 14.5 Å². The molecule has 17 nitrogen and oxygen atoms in total. The predicted molar refractivity (Wildman–Crippen MR) is 297 cm³/mol. The minimum Gasteiger partial charge on any atom is -0.423 e. The molecule has 1 aliphatic carbocycles. The molecule has 4 aromatic carbocycles. The van der Waals surface area contributed by atoms with Gasteiger partial charge in [0.15, 0.2) is 17.0 Å². The lowest BCUT2D eigenvalue weighted by molar-refractivity contribution is -0.173. The molecular weight excluding hydrogens is 1010 g/mol. The van der Waals surface area contributed by atoms with Crippen molar-refractivity contribution in [2.24, 2.45) is 7.05 Å². The average molecular weight is 1070 g/mol. The van der Waals surface area contributed by atoms with E-state index in [1.807, 2.05) is 80.6 Å². The quantitative estimate of drug-likeness (QED) is 0.0530. The first-order valence-corrected chi connectivity index (χ1v) is 27.2. The summed E-state index contributed by atoms with van der Waals surface area (Å²) in [4.78, 5) is 77.8. The molecular formula is C61H66FN9O8. The van der Waals surface area contributed by atoms with E-state index in [9.17, 15) is 33.5 Å². The number of alkyl halides is 1. The monoisotopic (exact) mass is 1070 g/mol. The second-order valence-corrected chi connectivity index (χ2v) is 21.5. The Morgan fingerprint density at radius 3 is 2.32 bits per heavy atom. The topological polar surface area (TPSA) is 212 Å². The Balaban J connectivity index is 0.635. The van der Waals surface area contributed by atoms with E-state index in [1.54, 1.807) is 59.1 Å². The van der Waals surface area contributed by atoms with Crippen molar-refractivity contribution < 1.29 is 38.1 Å². The second-order valence-electron chi connectivity index (χ2n) is 21.5. The minimum atomic E-state index is -2.26. The number of nitrogens with zero attached hydrogens (tertiary/aromatic N) is 6. The van der Waals surface area contributed by atoms with Gasteiger partial charge in [0.1, 0.15) is 11.3 Å². The lowest BCUT2D eigenvalue weighted by Crippen LogP contribution is -2.49. The van der Waals surface area contributed by atoms with Gasteiger partial charge in [0.05, 0.1) is 35.3 Å². The standard InChI is InChI=1S/C61H66FN9O8/c1-39-18-25-49(67-58(76)61(26-27-61)46-23-24-47-48(35-46)79-59(3,62)78-47)66-52(39)44-15-12-16-45(34-44)56(74)63-30-11-6-5-10-17-50(72)64-36-41-19-21-43(22-20-41)55-53-54(68-69(55)4)57(75)71(38-65-53)37-60(77)28-31-70(32-29-60)51(73)33-40(2)42-13-8-7-9-14-42/h7-9,12-16,18-25,34-35,38,40,77H,5-6,10-11,17,26-33,36-37H2,1-4H3,(H,63,74)(H,64,72)(H,66,67,76)/t40-,59?/m1/s1. The van der Waals surface area contributed by atoms with Gasteiger partial charge in [0, 0.05) is 69.7 Å². The molecule has 0 spiro atoms. The van der Waals surface area contributed by atoms with E-state index in [0.29, 0.717) is 105 Å². The highest BCUT2D eigenvalue weighted by molar-refractivity contribution is 6.01. The van der Waals surface area contributed by atoms with E-state index in [0.717, 1.165) is 47.1 Å². The number of halogens is 1. The summed E-state index contributed by atoms with van der Waals surface area (Å²) >= 11 is 0. The summed E-state index contributed by atoms with van der Waals surface area (Å²) in [5.41, 5.74) is 5.29. The number of aliphatic hydroxyl groups is 1. The molecule has 2 aliphatic heterocycles. The number of benzene rings is 4. The fraction of sp³-hybridized carbons (Fsp3) is 0.377. The zero-order chi connectivity index (χ0) is 55.5. The Kier molecular flexibility index (Phi) is 15.5. The van der Waals surface area contributed by atoms with Gasteiger partial charge in [-0.1, -0.05) is 98.6 Å². The van der Waals surface area contributed by atoms with Gasteiger partial charge in [-0.25, -0.2) is 9.97 Å². The maximum Gasteiger partial charge on any atom is 0.404 e. The lowest BCUT2D eigenvalue weighted by Gasteiger charge is -2.38. The molecule has 5 heterocycles. The van der Waals surface area contributed by atoms with Crippen molar-refractivity contribution >= 4 is 40.5 Å². The number of carbonyl (C=O) groups is 4. The van der Waals surface area contributed by atoms with Crippen LogP contribution in [0.3, 0.4) is 0 Å². The predicted octanol–water partition coefficient (Wildman–Crippen LogP) is 8.80. The van der Waals surface area contributed by atoms with Gasteiger partial charge in [-0.05, 0) is 104 Å². The van der Waals surface area contributed by atoms with Crippen LogP contribution in [-0.2, 0) is 39.9 Å². The van der Waals surface area contributed by atoms with Crippen LogP contribution in [0.15, 0.2) is 120 Å². The van der Waals surface area contributed by atoms with Crippen molar-refractivity contribution in [3.63, 3.8) is 0 Å². The second kappa shape index (κ2) is 22.6. The highest BCUT2D eigenvalue weighted by Gasteiger charge is 2.52. The fourth-order valence-corrected chi connectivity index (χ4v) is 10.7. The Morgan fingerprint density at radius 2 is 1.56 bits per heavy atom. The molecule has 0 bridgehead atoms. The van der Waals surface area contributed by atoms with Crippen molar-refractivity contribution in [3.8, 4) is 34.0 Å². The zero-order valence-corrected chi connectivity index (χ0v) is 45.0. The average Bonchev–Trinajstić information content (AvgIpc) is 4.33. The molecule has 1 saturated carbocycles. The minimum absolute atomic E-state index is 0.0457. The SMILES string of the molecule is Cc1ccc(NC(=O)C2(c3ccc4c(c3)OC(C)(F)O4)CC2)nc1-c1cccc(C(=O)NCCCCCCC(=O)NCc2ccc(-c3c4ncn(CC5(O)CCN(C(=O)C[C@@H](C)c6ccccc6)CC5)c(=O)c4nn3C)cc2)c1. The number of likely N-dealkylation sites (tertiary alicyclic amines) is 1. The Hall–Kier alpha value is -8.25. The van der Waals surface area contributed by atoms with Crippen LogP contribution in [0.4, 0.5) is 10.2 Å². The highest BCUT2D eigenvalue weighted by Crippen LogP contribution is 2.52. The van der Waals surface area contributed by atoms with Crippen LogP contribution in [0.25, 0.3) is 33.5 Å². The molecule has 2 fully saturated rings. The van der Waals surface area contributed by atoms with Crippen LogP contribution in [0.2, 0.25) is 0 Å². The Bertz CT molecular complexity index is 3480. The molecule has 2 atom stereocenters. The number of fused-ring (bicyclic) bond motifs is 2. The van der Waals surface area contributed by atoms with Gasteiger partial charge in [0.2, 0.25) is 17.7 Å². The highest BCUT2D eigenvalue weighted by atomic mass is 19.2. The van der Waals surface area contributed by atoms with Crippen LogP contribution in [0, 0.1) is 6.92 Å². The van der Waals surface area contributed by atoms with E-state index in [2.05, 4.69) is 26.0 Å². The maximum absolute atomic E-state index is 14.3. The fourth-order valence-electron chi connectivity index (χ4n) is 10.7. The first-order valence-electron chi connectivity index (χ1n) is 27.2. The number of hydrogen-bond donors (Lipinski definition) is 4. The third kappa shape index (κ3) is 12.2. The van der Waals surface area contributed by atoms with Crippen LogP contribution in [0.1, 0.15) is 117 Å². The molecule has 4 N–H and O–H groups in total. The lowest BCUT2D eigenvalue weighted by atomic mass is 9.90. The Morgan fingerprint density at radius 1 is 0.810 bits per heavy atom. The van der Waals surface area contributed by atoms with Gasteiger partial charge in [-0.15, -0.1) is 0 Å². The molecule has 3 aromatic heterocycles. The number of unbranched alkanes of at least 4 members (excludes halogenated alkanes) is 3. The van der Waals surface area contributed by atoms with Crippen molar-refractivity contribution in [2.45, 2.75) is 121 Å². The summed E-state index contributed by atoms with van der Waals surface area (Å²) in [6.45, 7) is 6.85. The number of anilines is 1. The summed E-state index contributed by atoms with van der Waals surface area (Å²) in [6.07, 6.45) is 7.31. The normalized spacial score (nSPS) is 17.3. The summed E-state index contributed by atoms with van der Waals surface area (Å²) in [5, 5.41) is 25.1. The number of piperidine rings is 1. The van der Waals surface area contributed by atoms with Crippen LogP contribution in [0.5, 0.6) is 11.5 Å². The molecule has 3 aliphatic rings. The van der Waals surface area contributed by atoms with Crippen molar-refractivity contribution in [1.29, 1.82) is 0 Å². The smallest absolute Gasteiger partial charge is 0.404 e. The van der Waals surface area contributed by atoms with Gasteiger partial charge < -0.3 is 35.4 Å². The molecule has 1 unspecified atom stereocenters. The van der Waals surface area contributed by atoms with E-state index < -0.39 is 17.1 Å². The number of carbonyl (C=O) groups excluding carboxylic acids is 4. The third-order valence-electron chi connectivity index (χ3n) is 15.5. The number of hydrogen-bond acceptors (Lipinski definition) is 11. The van der Waals surface area contributed by atoms with Crippen molar-refractivity contribution in [1.82, 2.24) is 39.8 Å². The molecule has 18 heteroatoms. The van der Waals surface area contributed by atoms with E-state index in [-0.39, 0.29) is 58.7 Å². The van der Waals surface area contributed by atoms with E-state index in [1.165, 1.54) is 17.8 Å². The molecule has 7 aromatic rings. The van der Waals surface area contributed by atoms with Gasteiger partial charge in [0.25, 0.3) is 11.5 Å². The largest absolute Gasteiger partial charge is 0.423 e.